The van der Waals surface area contributed by atoms with Crippen LogP contribution in [0, 0.1) is 5.92 Å². The van der Waals surface area contributed by atoms with Gasteiger partial charge in [0, 0.05) is 5.75 Å². The first-order chi connectivity index (χ1) is 6.09. The van der Waals surface area contributed by atoms with Crippen molar-refractivity contribution in [1.82, 2.24) is 0 Å². The highest BCUT2D eigenvalue weighted by molar-refractivity contribution is 7.99. The van der Waals surface area contributed by atoms with Crippen molar-refractivity contribution in [3.8, 4) is 0 Å². The number of hydrogen-bond acceptors (Lipinski definition) is 4. The minimum Gasteiger partial charge on any atom is -0.435 e. The highest BCUT2D eigenvalue weighted by atomic mass is 32.2. The van der Waals surface area contributed by atoms with E-state index in [1.54, 1.807) is 11.8 Å². The zero-order valence-corrected chi connectivity index (χ0v) is 9.10. The van der Waals surface area contributed by atoms with Crippen LogP contribution in [0.15, 0.2) is 0 Å². The van der Waals surface area contributed by atoms with Crippen LogP contribution in [0.1, 0.15) is 20.8 Å². The summed E-state index contributed by atoms with van der Waals surface area (Å²) in [6.07, 6.45) is -0.160. The van der Waals surface area contributed by atoms with Gasteiger partial charge in [-0.25, -0.2) is 0 Å². The van der Waals surface area contributed by atoms with Crippen molar-refractivity contribution in [3.05, 3.63) is 0 Å². The Bertz CT molecular complexity index is 182. The lowest BCUT2D eigenvalue weighted by atomic mass is 10.2. The van der Waals surface area contributed by atoms with Crippen LogP contribution < -0.4 is 0 Å². The number of carbonyl (C=O) groups is 1. The first kappa shape index (κ1) is 10.9. The summed E-state index contributed by atoms with van der Waals surface area (Å²) in [4.78, 5) is 11.2. The maximum atomic E-state index is 11.2. The van der Waals surface area contributed by atoms with E-state index in [0.29, 0.717) is 0 Å². The Hall–Kier alpha value is -0.220. The summed E-state index contributed by atoms with van der Waals surface area (Å²) in [5, 5.41) is 0. The van der Waals surface area contributed by atoms with Crippen molar-refractivity contribution in [2.24, 2.45) is 5.92 Å². The summed E-state index contributed by atoms with van der Waals surface area (Å²) in [6.45, 7) is 5.63. The van der Waals surface area contributed by atoms with E-state index in [-0.39, 0.29) is 24.3 Å². The number of rotatable bonds is 2. The van der Waals surface area contributed by atoms with Crippen molar-refractivity contribution in [2.45, 2.75) is 33.2 Å². The summed E-state index contributed by atoms with van der Waals surface area (Å²) in [7, 11) is 0. The number of ether oxygens (including phenoxy) is 2. The minimum absolute atomic E-state index is 0.0779. The Kier molecular flexibility index (Phi) is 4.06. The smallest absolute Gasteiger partial charge is 0.310 e. The van der Waals surface area contributed by atoms with Crippen LogP contribution in [0.2, 0.25) is 0 Å². The molecule has 0 aliphatic carbocycles. The first-order valence-electron chi connectivity index (χ1n) is 4.53. The standard InChI is InChI=1S/C9H16O3S/c1-6(2)9(10)12-8-5-13-4-7(3)11-8/h6-8H,4-5H2,1-3H3. The van der Waals surface area contributed by atoms with E-state index in [1.807, 2.05) is 20.8 Å². The number of esters is 1. The van der Waals surface area contributed by atoms with Gasteiger partial charge in [-0.3, -0.25) is 4.79 Å². The molecule has 1 heterocycles. The molecule has 1 saturated heterocycles. The van der Waals surface area contributed by atoms with Gasteiger partial charge in [0.1, 0.15) is 0 Å². The van der Waals surface area contributed by atoms with Gasteiger partial charge in [0.15, 0.2) is 0 Å². The van der Waals surface area contributed by atoms with Crippen LogP contribution in [-0.2, 0) is 14.3 Å². The molecule has 13 heavy (non-hydrogen) atoms. The van der Waals surface area contributed by atoms with Gasteiger partial charge < -0.3 is 9.47 Å². The molecule has 2 atom stereocenters. The molecule has 1 fully saturated rings. The van der Waals surface area contributed by atoms with E-state index in [4.69, 9.17) is 9.47 Å². The van der Waals surface area contributed by atoms with Crippen LogP contribution in [0.3, 0.4) is 0 Å². The molecule has 0 aromatic rings. The van der Waals surface area contributed by atoms with Crippen molar-refractivity contribution in [1.29, 1.82) is 0 Å². The Labute approximate surface area is 83.2 Å². The van der Waals surface area contributed by atoms with Gasteiger partial charge in [0.2, 0.25) is 6.29 Å². The maximum absolute atomic E-state index is 11.2. The van der Waals surface area contributed by atoms with Crippen LogP contribution in [0.25, 0.3) is 0 Å². The topological polar surface area (TPSA) is 35.5 Å². The molecule has 1 aliphatic heterocycles. The molecule has 0 N–H and O–H groups in total. The second-order valence-electron chi connectivity index (χ2n) is 3.51. The molecule has 0 aromatic heterocycles. The Morgan fingerprint density at radius 2 is 2.23 bits per heavy atom. The van der Waals surface area contributed by atoms with E-state index in [0.717, 1.165) is 11.5 Å². The lowest BCUT2D eigenvalue weighted by Crippen LogP contribution is -2.34. The zero-order chi connectivity index (χ0) is 9.84. The molecule has 3 nitrogen and oxygen atoms in total. The molecular formula is C9H16O3S. The highest BCUT2D eigenvalue weighted by Crippen LogP contribution is 2.19. The normalized spacial score (nSPS) is 28.9. The van der Waals surface area contributed by atoms with E-state index in [2.05, 4.69) is 0 Å². The van der Waals surface area contributed by atoms with Gasteiger partial charge in [-0.2, -0.15) is 11.8 Å². The van der Waals surface area contributed by atoms with E-state index in [1.165, 1.54) is 0 Å². The zero-order valence-electron chi connectivity index (χ0n) is 8.28. The summed E-state index contributed by atoms with van der Waals surface area (Å²) in [5.41, 5.74) is 0. The van der Waals surface area contributed by atoms with E-state index < -0.39 is 0 Å². The van der Waals surface area contributed by atoms with Gasteiger partial charge in [0.05, 0.1) is 17.8 Å². The van der Waals surface area contributed by atoms with Gasteiger partial charge in [0.25, 0.3) is 0 Å². The monoisotopic (exact) mass is 204 g/mol. The molecule has 0 amide bonds. The molecular weight excluding hydrogens is 188 g/mol. The van der Waals surface area contributed by atoms with Gasteiger partial charge >= 0.3 is 5.97 Å². The number of carbonyl (C=O) groups excluding carboxylic acids is 1. The van der Waals surface area contributed by atoms with Gasteiger partial charge in [-0.05, 0) is 6.92 Å². The first-order valence-corrected chi connectivity index (χ1v) is 5.68. The number of thioether (sulfide) groups is 1. The fourth-order valence-electron chi connectivity index (χ4n) is 0.995. The van der Waals surface area contributed by atoms with Crippen LogP contribution in [0.5, 0.6) is 0 Å². The summed E-state index contributed by atoms with van der Waals surface area (Å²) in [5.74, 6) is 1.48. The lowest BCUT2D eigenvalue weighted by Gasteiger charge is -2.27. The average Bonchev–Trinajstić information content (AvgIpc) is 2.04. The van der Waals surface area contributed by atoms with Crippen molar-refractivity contribution in [2.75, 3.05) is 11.5 Å². The Morgan fingerprint density at radius 3 is 2.77 bits per heavy atom. The fraction of sp³-hybridized carbons (Fsp3) is 0.889. The summed E-state index contributed by atoms with van der Waals surface area (Å²) in [6, 6.07) is 0. The molecule has 0 spiro atoms. The van der Waals surface area contributed by atoms with E-state index in [9.17, 15) is 4.79 Å². The van der Waals surface area contributed by atoms with Crippen LogP contribution in [-0.4, -0.2) is 29.9 Å². The van der Waals surface area contributed by atoms with Crippen LogP contribution in [0.4, 0.5) is 0 Å². The summed E-state index contributed by atoms with van der Waals surface area (Å²) >= 11 is 1.76. The molecule has 2 unspecified atom stereocenters. The molecule has 0 bridgehead atoms. The van der Waals surface area contributed by atoms with Crippen LogP contribution >= 0.6 is 11.8 Å². The number of hydrogen-bond donors (Lipinski definition) is 0. The molecule has 4 heteroatoms. The Morgan fingerprint density at radius 1 is 1.54 bits per heavy atom. The Balaban J connectivity index is 2.31. The molecule has 0 radical (unpaired) electrons. The quantitative estimate of drug-likeness (QED) is 0.641. The molecule has 1 aliphatic rings. The summed E-state index contributed by atoms with van der Waals surface area (Å²) < 4.78 is 10.6. The third kappa shape index (κ3) is 3.56. The minimum atomic E-state index is -0.344. The fourth-order valence-corrected chi connectivity index (χ4v) is 1.88. The predicted molar refractivity (Wildman–Crippen MR) is 52.6 cm³/mol. The van der Waals surface area contributed by atoms with E-state index >= 15 is 0 Å². The van der Waals surface area contributed by atoms with Crippen molar-refractivity contribution < 1.29 is 14.3 Å². The highest BCUT2D eigenvalue weighted by Gasteiger charge is 2.23. The molecule has 0 aromatic carbocycles. The molecule has 76 valence electrons. The van der Waals surface area contributed by atoms with Crippen molar-refractivity contribution >= 4 is 17.7 Å². The molecule has 0 saturated carbocycles. The molecule has 1 rings (SSSR count). The predicted octanol–water partition coefficient (Wildman–Crippen LogP) is 1.66. The third-order valence-corrected chi connectivity index (χ3v) is 2.92. The SMILES string of the molecule is CC1CSCC(OC(=O)C(C)C)O1. The van der Waals surface area contributed by atoms with Gasteiger partial charge in [-0.1, -0.05) is 13.8 Å². The van der Waals surface area contributed by atoms with Gasteiger partial charge in [-0.15, -0.1) is 0 Å². The maximum Gasteiger partial charge on any atom is 0.310 e. The largest absolute Gasteiger partial charge is 0.435 e. The lowest BCUT2D eigenvalue weighted by molar-refractivity contribution is -0.184. The second kappa shape index (κ2) is 4.86. The second-order valence-corrected chi connectivity index (χ2v) is 4.58. The average molecular weight is 204 g/mol. The van der Waals surface area contributed by atoms with Crippen molar-refractivity contribution in [3.63, 3.8) is 0 Å². The third-order valence-electron chi connectivity index (χ3n) is 1.71.